The van der Waals surface area contributed by atoms with Gasteiger partial charge in [-0.05, 0) is 12.6 Å². The lowest BCUT2D eigenvalue weighted by Gasteiger charge is -2.19. The molecule has 0 saturated carbocycles. The topological polar surface area (TPSA) is 52.5 Å². The quantitative estimate of drug-likeness (QED) is 0.756. The summed E-state index contributed by atoms with van der Waals surface area (Å²) in [7, 11) is 3.84. The highest BCUT2D eigenvalue weighted by atomic mass is 16.3. The van der Waals surface area contributed by atoms with Gasteiger partial charge in [0.05, 0.1) is 12.3 Å². The molecule has 1 aromatic heterocycles. The number of likely N-dealkylation sites (N-methyl/N-ethyl adjacent to an activating group) is 1. The number of hydrogen-bond donors (Lipinski definition) is 1. The van der Waals surface area contributed by atoms with Crippen LogP contribution >= 0.6 is 0 Å². The number of aliphatic hydroxyl groups excluding tert-OH is 1. The van der Waals surface area contributed by atoms with E-state index in [1.54, 1.807) is 6.20 Å². The van der Waals surface area contributed by atoms with Crippen molar-refractivity contribution >= 4 is 5.95 Å². The second-order valence-electron chi connectivity index (χ2n) is 3.83. The standard InChI is InChI=1S/C11H20N4O/c1-4-15(7-8-16)9-10-5-6-12-11(13-10)14(2)3/h5-6,16H,4,7-9H2,1-3H3. The minimum absolute atomic E-state index is 0.180. The van der Waals surface area contributed by atoms with Crippen LogP contribution in [0.25, 0.3) is 0 Å². The van der Waals surface area contributed by atoms with Crippen molar-refractivity contribution < 1.29 is 5.11 Å². The van der Waals surface area contributed by atoms with Gasteiger partial charge in [-0.25, -0.2) is 9.97 Å². The Morgan fingerprint density at radius 2 is 2.12 bits per heavy atom. The fourth-order valence-corrected chi connectivity index (χ4v) is 1.41. The number of aliphatic hydroxyl groups is 1. The van der Waals surface area contributed by atoms with Gasteiger partial charge in [-0.1, -0.05) is 6.92 Å². The zero-order valence-corrected chi connectivity index (χ0v) is 10.2. The van der Waals surface area contributed by atoms with Gasteiger partial charge in [0, 0.05) is 33.4 Å². The van der Waals surface area contributed by atoms with Crippen molar-refractivity contribution in [3.8, 4) is 0 Å². The summed E-state index contributed by atoms with van der Waals surface area (Å²) in [5.41, 5.74) is 0.981. The van der Waals surface area contributed by atoms with E-state index in [1.165, 1.54) is 0 Å². The average molecular weight is 224 g/mol. The molecule has 0 saturated heterocycles. The molecular formula is C11H20N4O. The summed E-state index contributed by atoms with van der Waals surface area (Å²) in [5, 5.41) is 8.91. The maximum Gasteiger partial charge on any atom is 0.225 e. The van der Waals surface area contributed by atoms with Crippen molar-refractivity contribution in [2.45, 2.75) is 13.5 Å². The monoisotopic (exact) mass is 224 g/mol. The number of anilines is 1. The fourth-order valence-electron chi connectivity index (χ4n) is 1.41. The Balaban J connectivity index is 2.68. The molecule has 5 heteroatoms. The van der Waals surface area contributed by atoms with Crippen LogP contribution in [0.3, 0.4) is 0 Å². The second-order valence-corrected chi connectivity index (χ2v) is 3.83. The maximum absolute atomic E-state index is 8.91. The van der Waals surface area contributed by atoms with E-state index >= 15 is 0 Å². The average Bonchev–Trinajstić information content (AvgIpc) is 2.29. The predicted octanol–water partition coefficient (Wildman–Crippen LogP) is 0.357. The van der Waals surface area contributed by atoms with Gasteiger partial charge in [0.15, 0.2) is 0 Å². The minimum Gasteiger partial charge on any atom is -0.395 e. The van der Waals surface area contributed by atoms with Crippen LogP contribution in [0.5, 0.6) is 0 Å². The van der Waals surface area contributed by atoms with Crippen LogP contribution in [0.15, 0.2) is 12.3 Å². The number of rotatable bonds is 6. The largest absolute Gasteiger partial charge is 0.395 e. The summed E-state index contributed by atoms with van der Waals surface area (Å²) < 4.78 is 0. The van der Waals surface area contributed by atoms with Gasteiger partial charge in [0.1, 0.15) is 0 Å². The first-order chi connectivity index (χ1) is 7.67. The van der Waals surface area contributed by atoms with Gasteiger partial charge in [0.2, 0.25) is 5.95 Å². The van der Waals surface area contributed by atoms with Gasteiger partial charge in [-0.2, -0.15) is 0 Å². The Bertz CT molecular complexity index is 317. The van der Waals surface area contributed by atoms with E-state index in [2.05, 4.69) is 21.8 Å². The zero-order chi connectivity index (χ0) is 12.0. The van der Waals surface area contributed by atoms with Crippen molar-refractivity contribution in [1.82, 2.24) is 14.9 Å². The molecule has 0 radical (unpaired) electrons. The van der Waals surface area contributed by atoms with E-state index in [9.17, 15) is 0 Å². The van der Waals surface area contributed by atoms with E-state index in [1.807, 2.05) is 25.1 Å². The molecule has 0 atom stereocenters. The maximum atomic E-state index is 8.91. The third-order valence-corrected chi connectivity index (χ3v) is 2.35. The summed E-state index contributed by atoms with van der Waals surface area (Å²) in [4.78, 5) is 12.6. The normalized spacial score (nSPS) is 10.8. The molecule has 1 heterocycles. The Labute approximate surface area is 96.7 Å². The zero-order valence-electron chi connectivity index (χ0n) is 10.2. The van der Waals surface area contributed by atoms with Gasteiger partial charge in [-0.3, -0.25) is 4.90 Å². The van der Waals surface area contributed by atoms with Gasteiger partial charge >= 0.3 is 0 Å². The summed E-state index contributed by atoms with van der Waals surface area (Å²) in [6, 6.07) is 1.91. The highest BCUT2D eigenvalue weighted by molar-refractivity contribution is 5.26. The van der Waals surface area contributed by atoms with E-state index in [0.717, 1.165) is 24.7 Å². The molecule has 1 rings (SSSR count). The molecule has 0 bridgehead atoms. The van der Waals surface area contributed by atoms with Crippen LogP contribution in [0.2, 0.25) is 0 Å². The Morgan fingerprint density at radius 1 is 1.38 bits per heavy atom. The molecule has 90 valence electrons. The van der Waals surface area contributed by atoms with Gasteiger partial charge in [0.25, 0.3) is 0 Å². The molecule has 0 aromatic carbocycles. The summed E-state index contributed by atoms with van der Waals surface area (Å²) >= 11 is 0. The summed E-state index contributed by atoms with van der Waals surface area (Å²) in [6.45, 7) is 4.59. The van der Waals surface area contributed by atoms with E-state index in [-0.39, 0.29) is 6.61 Å². The lowest BCUT2D eigenvalue weighted by Crippen LogP contribution is -2.27. The van der Waals surface area contributed by atoms with Gasteiger partial charge in [-0.15, -0.1) is 0 Å². The van der Waals surface area contributed by atoms with E-state index < -0.39 is 0 Å². The molecule has 0 spiro atoms. The van der Waals surface area contributed by atoms with Crippen LogP contribution in [-0.2, 0) is 6.54 Å². The number of nitrogens with zero attached hydrogens (tertiary/aromatic N) is 4. The SMILES string of the molecule is CCN(CCO)Cc1ccnc(N(C)C)n1. The summed E-state index contributed by atoms with van der Waals surface area (Å²) in [5.74, 6) is 0.720. The predicted molar refractivity (Wildman–Crippen MR) is 64.4 cm³/mol. The van der Waals surface area contributed by atoms with Crippen LogP contribution in [0.4, 0.5) is 5.95 Å². The molecule has 5 nitrogen and oxygen atoms in total. The first kappa shape index (κ1) is 12.9. The van der Waals surface area contributed by atoms with Crippen LogP contribution in [0, 0.1) is 0 Å². The molecule has 16 heavy (non-hydrogen) atoms. The number of hydrogen-bond acceptors (Lipinski definition) is 5. The van der Waals surface area contributed by atoms with Crippen molar-refractivity contribution in [2.24, 2.45) is 0 Å². The van der Waals surface area contributed by atoms with Crippen LogP contribution in [-0.4, -0.2) is 53.8 Å². The third-order valence-electron chi connectivity index (χ3n) is 2.35. The Morgan fingerprint density at radius 3 is 2.69 bits per heavy atom. The Hall–Kier alpha value is -1.20. The molecule has 0 fully saturated rings. The van der Waals surface area contributed by atoms with Crippen molar-refractivity contribution in [3.63, 3.8) is 0 Å². The fraction of sp³-hybridized carbons (Fsp3) is 0.636. The van der Waals surface area contributed by atoms with Gasteiger partial charge < -0.3 is 10.0 Å². The van der Waals surface area contributed by atoms with Crippen LogP contribution in [0.1, 0.15) is 12.6 Å². The summed E-state index contributed by atoms with van der Waals surface area (Å²) in [6.07, 6.45) is 1.77. The molecule has 0 aliphatic rings. The van der Waals surface area contributed by atoms with E-state index in [4.69, 9.17) is 5.11 Å². The van der Waals surface area contributed by atoms with Crippen molar-refractivity contribution in [2.75, 3.05) is 38.7 Å². The Kier molecular flexibility index (Phi) is 5.14. The molecule has 1 aromatic rings. The lowest BCUT2D eigenvalue weighted by molar-refractivity contribution is 0.195. The smallest absolute Gasteiger partial charge is 0.225 e. The van der Waals surface area contributed by atoms with Crippen molar-refractivity contribution in [3.05, 3.63) is 18.0 Å². The number of aromatic nitrogens is 2. The molecule has 0 aliphatic heterocycles. The van der Waals surface area contributed by atoms with Crippen LogP contribution < -0.4 is 4.90 Å². The highest BCUT2D eigenvalue weighted by Gasteiger charge is 2.06. The van der Waals surface area contributed by atoms with E-state index in [0.29, 0.717) is 6.54 Å². The minimum atomic E-state index is 0.180. The molecule has 0 unspecified atom stereocenters. The highest BCUT2D eigenvalue weighted by Crippen LogP contribution is 2.06. The molecule has 0 aliphatic carbocycles. The molecule has 1 N–H and O–H groups in total. The molecule has 0 amide bonds. The third kappa shape index (κ3) is 3.75. The first-order valence-corrected chi connectivity index (χ1v) is 5.49. The lowest BCUT2D eigenvalue weighted by atomic mass is 10.3. The molecular weight excluding hydrogens is 204 g/mol. The van der Waals surface area contributed by atoms with Crippen molar-refractivity contribution in [1.29, 1.82) is 0 Å². The first-order valence-electron chi connectivity index (χ1n) is 5.49. The second kappa shape index (κ2) is 6.40.